The zero-order valence-electron chi connectivity index (χ0n) is 10.7. The van der Waals surface area contributed by atoms with E-state index in [2.05, 4.69) is 4.98 Å². The second-order valence-electron chi connectivity index (χ2n) is 4.09. The van der Waals surface area contributed by atoms with E-state index in [0.717, 1.165) is 18.2 Å². The van der Waals surface area contributed by atoms with Gasteiger partial charge in [-0.25, -0.2) is 4.39 Å². The topological polar surface area (TPSA) is 106 Å². The predicted molar refractivity (Wildman–Crippen MR) is 73.9 cm³/mol. The van der Waals surface area contributed by atoms with Crippen LogP contribution in [0.15, 0.2) is 42.7 Å². The molecule has 104 valence electrons. The number of nitrogens with zero attached hydrogens (tertiary/aromatic N) is 3. The van der Waals surface area contributed by atoms with Crippen LogP contribution in [0.5, 0.6) is 0 Å². The first-order chi connectivity index (χ1) is 10.0. The van der Waals surface area contributed by atoms with Gasteiger partial charge in [0.1, 0.15) is 11.9 Å². The molecule has 1 heterocycles. The van der Waals surface area contributed by atoms with Crippen molar-refractivity contribution in [2.75, 3.05) is 0 Å². The van der Waals surface area contributed by atoms with Gasteiger partial charge in [-0.15, -0.1) is 0 Å². The lowest BCUT2D eigenvalue weighted by Gasteiger charge is -2.06. The summed E-state index contributed by atoms with van der Waals surface area (Å²) in [6.07, 6.45) is 2.96. The fraction of sp³-hybridized carbons (Fsp3) is 0. The molecule has 0 saturated carbocycles. The van der Waals surface area contributed by atoms with E-state index < -0.39 is 16.4 Å². The van der Waals surface area contributed by atoms with Gasteiger partial charge in [0.25, 0.3) is 5.69 Å². The van der Waals surface area contributed by atoms with E-state index in [-0.39, 0.29) is 16.8 Å². The molecule has 2 N–H and O–H groups in total. The molecule has 0 atom stereocenters. The van der Waals surface area contributed by atoms with Crippen molar-refractivity contribution in [1.82, 2.24) is 4.98 Å². The van der Waals surface area contributed by atoms with Gasteiger partial charge in [0, 0.05) is 24.0 Å². The van der Waals surface area contributed by atoms with Gasteiger partial charge >= 0.3 is 0 Å². The second kappa shape index (κ2) is 5.79. The van der Waals surface area contributed by atoms with Crippen LogP contribution in [0.25, 0.3) is 11.3 Å². The molecule has 0 saturated heterocycles. The van der Waals surface area contributed by atoms with Crippen LogP contribution in [0.2, 0.25) is 0 Å². The molecular weight excluding hydrogens is 275 g/mol. The van der Waals surface area contributed by atoms with Crippen molar-refractivity contribution in [3.8, 4) is 6.07 Å². The Hall–Kier alpha value is -3.27. The maximum absolute atomic E-state index is 13.4. The van der Waals surface area contributed by atoms with E-state index in [9.17, 15) is 19.8 Å². The summed E-state index contributed by atoms with van der Waals surface area (Å²) in [5.74, 6) is -0.797. The molecule has 6 nitrogen and oxygen atoms in total. The number of nitrogens with two attached hydrogens (primary N) is 1. The number of aromatic nitrogens is 1. The van der Waals surface area contributed by atoms with Crippen LogP contribution in [-0.4, -0.2) is 9.91 Å². The largest absolute Gasteiger partial charge is 0.397 e. The molecule has 2 rings (SSSR count). The number of hydrogen-bond donors (Lipinski definition) is 1. The number of hydrogen-bond acceptors (Lipinski definition) is 5. The third-order valence-corrected chi connectivity index (χ3v) is 2.75. The molecular formula is C14H9FN4O2. The van der Waals surface area contributed by atoms with Crippen molar-refractivity contribution in [3.63, 3.8) is 0 Å². The Morgan fingerprint density at radius 1 is 1.29 bits per heavy atom. The minimum Gasteiger partial charge on any atom is -0.397 e. The number of nitro benzene ring substituents is 1. The van der Waals surface area contributed by atoms with Crippen molar-refractivity contribution < 1.29 is 9.31 Å². The Balaban J connectivity index is 2.61. The summed E-state index contributed by atoms with van der Waals surface area (Å²) in [5, 5.41) is 20.0. The lowest BCUT2D eigenvalue weighted by molar-refractivity contribution is -0.385. The number of nitriles is 1. The summed E-state index contributed by atoms with van der Waals surface area (Å²) < 4.78 is 13.4. The fourth-order valence-corrected chi connectivity index (χ4v) is 1.78. The third kappa shape index (κ3) is 3.01. The van der Waals surface area contributed by atoms with E-state index in [1.807, 2.05) is 6.07 Å². The maximum atomic E-state index is 13.4. The number of benzene rings is 1. The average molecular weight is 284 g/mol. The first-order valence-corrected chi connectivity index (χ1v) is 5.78. The molecule has 0 unspecified atom stereocenters. The van der Waals surface area contributed by atoms with E-state index in [1.165, 1.54) is 12.4 Å². The van der Waals surface area contributed by atoms with Crippen molar-refractivity contribution >= 4 is 17.0 Å². The number of rotatable bonds is 3. The Labute approximate surface area is 119 Å². The third-order valence-electron chi connectivity index (χ3n) is 2.75. The molecule has 0 bridgehead atoms. The van der Waals surface area contributed by atoms with Gasteiger partial charge in [-0.2, -0.15) is 5.26 Å². The van der Waals surface area contributed by atoms with E-state index in [4.69, 9.17) is 5.73 Å². The van der Waals surface area contributed by atoms with Gasteiger partial charge in [-0.1, -0.05) is 0 Å². The van der Waals surface area contributed by atoms with Crippen LogP contribution in [0, 0.1) is 27.3 Å². The highest BCUT2D eigenvalue weighted by Crippen LogP contribution is 2.25. The molecule has 0 fully saturated rings. The molecule has 2 aromatic rings. The molecule has 0 aliphatic rings. The Bertz CT molecular complexity index is 766. The van der Waals surface area contributed by atoms with Crippen molar-refractivity contribution in [2.24, 2.45) is 5.73 Å². The summed E-state index contributed by atoms with van der Waals surface area (Å²) in [6.45, 7) is 0. The number of pyridine rings is 1. The van der Waals surface area contributed by atoms with Crippen LogP contribution >= 0.6 is 0 Å². The summed E-state index contributed by atoms with van der Waals surface area (Å²) >= 11 is 0. The van der Waals surface area contributed by atoms with Crippen molar-refractivity contribution in [3.05, 3.63) is 69.8 Å². The number of nitro groups is 1. The van der Waals surface area contributed by atoms with E-state index in [0.29, 0.717) is 5.56 Å². The van der Waals surface area contributed by atoms with Crippen LogP contribution in [0.4, 0.5) is 10.1 Å². The lowest BCUT2D eigenvalue weighted by atomic mass is 10.0. The fourth-order valence-electron chi connectivity index (χ4n) is 1.78. The molecule has 0 radical (unpaired) electrons. The highest BCUT2D eigenvalue weighted by molar-refractivity contribution is 5.96. The summed E-state index contributed by atoms with van der Waals surface area (Å²) in [7, 11) is 0. The predicted octanol–water partition coefficient (Wildman–Crippen LogP) is 2.48. The molecule has 1 aromatic carbocycles. The molecule has 0 amide bonds. The average Bonchev–Trinajstić information content (AvgIpc) is 2.48. The molecule has 0 spiro atoms. The molecule has 21 heavy (non-hydrogen) atoms. The Morgan fingerprint density at radius 3 is 2.52 bits per heavy atom. The molecule has 0 aliphatic heterocycles. The monoisotopic (exact) mass is 284 g/mol. The summed E-state index contributed by atoms with van der Waals surface area (Å²) in [5.41, 5.74) is 6.07. The second-order valence-corrected chi connectivity index (χ2v) is 4.09. The minimum absolute atomic E-state index is 0.0358. The normalized spacial score (nSPS) is 11.4. The highest BCUT2D eigenvalue weighted by atomic mass is 19.1. The SMILES string of the molecule is N#C/C(=C(/N)c1cc(F)cc([N+](=O)[O-])c1)c1ccncc1. The van der Waals surface area contributed by atoms with Gasteiger partial charge in [0.2, 0.25) is 0 Å². The van der Waals surface area contributed by atoms with E-state index >= 15 is 0 Å². The number of non-ortho nitro benzene ring substituents is 1. The van der Waals surface area contributed by atoms with Crippen LogP contribution in [-0.2, 0) is 0 Å². The van der Waals surface area contributed by atoms with Gasteiger partial charge in [-0.05, 0) is 23.8 Å². The quantitative estimate of drug-likeness (QED) is 0.529. The number of halogens is 1. The van der Waals surface area contributed by atoms with Gasteiger partial charge in [-0.3, -0.25) is 15.1 Å². The maximum Gasteiger partial charge on any atom is 0.273 e. The van der Waals surface area contributed by atoms with Crippen LogP contribution < -0.4 is 5.73 Å². The Morgan fingerprint density at radius 2 is 1.95 bits per heavy atom. The van der Waals surface area contributed by atoms with Crippen LogP contribution in [0.3, 0.4) is 0 Å². The van der Waals surface area contributed by atoms with Gasteiger partial charge < -0.3 is 5.73 Å². The smallest absolute Gasteiger partial charge is 0.273 e. The molecule has 1 aromatic heterocycles. The number of allylic oxidation sites excluding steroid dienone is 1. The first-order valence-electron chi connectivity index (χ1n) is 5.78. The Kier molecular flexibility index (Phi) is 3.90. The van der Waals surface area contributed by atoms with Gasteiger partial charge in [0.05, 0.1) is 22.3 Å². The zero-order valence-corrected chi connectivity index (χ0v) is 10.7. The van der Waals surface area contributed by atoms with Crippen molar-refractivity contribution in [1.29, 1.82) is 5.26 Å². The minimum atomic E-state index is -0.797. The molecule has 7 heteroatoms. The standard InChI is InChI=1S/C14H9FN4O2/c15-11-5-10(6-12(7-11)19(20)21)14(17)13(8-16)9-1-3-18-4-2-9/h1-7H,17H2/b14-13-. The molecule has 0 aliphatic carbocycles. The lowest BCUT2D eigenvalue weighted by Crippen LogP contribution is -2.02. The first kappa shape index (κ1) is 14.1. The van der Waals surface area contributed by atoms with Gasteiger partial charge in [0.15, 0.2) is 0 Å². The van der Waals surface area contributed by atoms with Crippen LogP contribution in [0.1, 0.15) is 11.1 Å². The summed E-state index contributed by atoms with van der Waals surface area (Å²) in [6, 6.07) is 8.01. The summed E-state index contributed by atoms with van der Waals surface area (Å²) in [4.78, 5) is 13.8. The highest BCUT2D eigenvalue weighted by Gasteiger charge is 2.14. The van der Waals surface area contributed by atoms with E-state index in [1.54, 1.807) is 12.1 Å². The van der Waals surface area contributed by atoms with Crippen molar-refractivity contribution in [2.45, 2.75) is 0 Å². The zero-order chi connectivity index (χ0) is 15.4.